The third kappa shape index (κ3) is 5.33. The van der Waals surface area contributed by atoms with E-state index in [1.165, 1.54) is 24.3 Å². The lowest BCUT2D eigenvalue weighted by Crippen LogP contribution is -2.62. The molecule has 42 heavy (non-hydrogen) atoms. The summed E-state index contributed by atoms with van der Waals surface area (Å²) in [6.07, 6.45) is -4.10. The first-order chi connectivity index (χ1) is 20.1. The summed E-state index contributed by atoms with van der Waals surface area (Å²) in [5.74, 6) is -0.891. The molecule has 2 fully saturated rings. The molecule has 0 bridgehead atoms. The number of hydrogen-bond donors (Lipinski definition) is 0. The molecule has 2 saturated heterocycles. The molecule has 3 aliphatic rings. The Morgan fingerprint density at radius 2 is 1.57 bits per heavy atom. The van der Waals surface area contributed by atoms with Crippen LogP contribution in [0.3, 0.4) is 0 Å². The van der Waals surface area contributed by atoms with Crippen LogP contribution in [0, 0.1) is 21.8 Å². The van der Waals surface area contributed by atoms with Gasteiger partial charge in [-0.05, 0) is 60.5 Å². The standard InChI is InChI=1S/C30H29F4N5O3/c31-22-4-6-23(7-5-22)37-14-15-38-27-9-8-25(39(41)42)16-20(27)17-26(28(38)19-37)29(40)36-12-10-35(11-13-36)24-3-1-2-21(18-24)30(32,33)34/h1-9,16,18,26,28H,10-15,17,19H2. The van der Waals surface area contributed by atoms with Gasteiger partial charge < -0.3 is 19.6 Å². The van der Waals surface area contributed by atoms with Crippen LogP contribution in [0.5, 0.6) is 0 Å². The van der Waals surface area contributed by atoms with Gasteiger partial charge >= 0.3 is 6.18 Å². The van der Waals surface area contributed by atoms with Crippen LogP contribution in [-0.4, -0.2) is 67.6 Å². The predicted octanol–water partition coefficient (Wildman–Crippen LogP) is 4.97. The van der Waals surface area contributed by atoms with Gasteiger partial charge in [0.1, 0.15) is 5.82 Å². The van der Waals surface area contributed by atoms with Crippen molar-refractivity contribution in [3.05, 3.63) is 93.8 Å². The SMILES string of the molecule is O=C(C1Cc2cc([N+](=O)[O-])ccc2N2CCN(c3ccc(F)cc3)CC12)N1CCN(c2cccc(C(F)(F)F)c2)CC1. The number of carbonyl (C=O) groups is 1. The number of alkyl halides is 3. The van der Waals surface area contributed by atoms with Crippen LogP contribution in [-0.2, 0) is 17.4 Å². The number of rotatable bonds is 4. The van der Waals surface area contributed by atoms with E-state index in [2.05, 4.69) is 9.80 Å². The van der Waals surface area contributed by atoms with E-state index in [0.717, 1.165) is 29.1 Å². The van der Waals surface area contributed by atoms with Gasteiger partial charge in [0.15, 0.2) is 0 Å². The topological polar surface area (TPSA) is 73.2 Å². The van der Waals surface area contributed by atoms with E-state index in [4.69, 9.17) is 0 Å². The Hall–Kier alpha value is -4.35. The quantitative estimate of drug-likeness (QED) is 0.246. The van der Waals surface area contributed by atoms with Crippen molar-refractivity contribution in [2.24, 2.45) is 5.92 Å². The van der Waals surface area contributed by atoms with Crippen molar-refractivity contribution in [2.75, 3.05) is 60.5 Å². The van der Waals surface area contributed by atoms with Crippen LogP contribution in [0.1, 0.15) is 11.1 Å². The second-order valence-corrected chi connectivity index (χ2v) is 10.9. The van der Waals surface area contributed by atoms with Crippen LogP contribution in [0.2, 0.25) is 0 Å². The lowest BCUT2D eigenvalue weighted by atomic mass is 9.82. The highest BCUT2D eigenvalue weighted by molar-refractivity contribution is 5.83. The fourth-order valence-electron chi connectivity index (χ4n) is 6.39. The Morgan fingerprint density at radius 1 is 0.857 bits per heavy atom. The van der Waals surface area contributed by atoms with Crippen molar-refractivity contribution in [3.8, 4) is 0 Å². The maximum Gasteiger partial charge on any atom is 0.416 e. The lowest BCUT2D eigenvalue weighted by Gasteiger charge is -2.50. The van der Waals surface area contributed by atoms with Gasteiger partial charge in [0.25, 0.3) is 5.69 Å². The number of fused-ring (bicyclic) bond motifs is 3. The first kappa shape index (κ1) is 27.8. The van der Waals surface area contributed by atoms with Crippen molar-refractivity contribution < 1.29 is 27.3 Å². The number of benzene rings is 3. The van der Waals surface area contributed by atoms with E-state index >= 15 is 0 Å². The highest BCUT2D eigenvalue weighted by atomic mass is 19.4. The number of amides is 1. The van der Waals surface area contributed by atoms with E-state index in [1.54, 1.807) is 35.2 Å². The maximum atomic E-state index is 14.1. The zero-order valence-corrected chi connectivity index (χ0v) is 22.6. The Balaban J connectivity index is 1.23. The number of hydrogen-bond acceptors (Lipinski definition) is 6. The Morgan fingerprint density at radius 3 is 2.26 bits per heavy atom. The van der Waals surface area contributed by atoms with Crippen molar-refractivity contribution in [1.82, 2.24) is 4.90 Å². The minimum absolute atomic E-state index is 0.0296. The molecule has 6 rings (SSSR count). The number of carbonyl (C=O) groups excluding carboxylic acids is 1. The number of nitro benzene ring substituents is 1. The largest absolute Gasteiger partial charge is 0.416 e. The van der Waals surface area contributed by atoms with E-state index in [-0.39, 0.29) is 23.5 Å². The number of nitrogens with zero attached hydrogens (tertiary/aromatic N) is 5. The van der Waals surface area contributed by atoms with E-state index in [0.29, 0.717) is 57.9 Å². The molecular formula is C30H29F4N5O3. The molecule has 2 atom stereocenters. The second-order valence-electron chi connectivity index (χ2n) is 10.9. The summed E-state index contributed by atoms with van der Waals surface area (Å²) < 4.78 is 53.3. The molecule has 2 unspecified atom stereocenters. The summed E-state index contributed by atoms with van der Waals surface area (Å²) in [7, 11) is 0. The van der Waals surface area contributed by atoms with E-state index < -0.39 is 22.6 Å². The van der Waals surface area contributed by atoms with Gasteiger partial charge in [0, 0.05) is 75.0 Å². The average Bonchev–Trinajstić information content (AvgIpc) is 3.00. The zero-order valence-electron chi connectivity index (χ0n) is 22.6. The molecule has 0 aliphatic carbocycles. The summed E-state index contributed by atoms with van der Waals surface area (Å²) in [6.45, 7) is 3.21. The molecule has 0 aromatic heterocycles. The zero-order chi connectivity index (χ0) is 29.6. The predicted molar refractivity (Wildman–Crippen MR) is 150 cm³/mol. The third-order valence-electron chi connectivity index (χ3n) is 8.55. The van der Waals surface area contributed by atoms with Gasteiger partial charge in [0.05, 0.1) is 22.4 Å². The van der Waals surface area contributed by atoms with Gasteiger partial charge in [0.2, 0.25) is 5.91 Å². The first-order valence-electron chi connectivity index (χ1n) is 13.8. The molecule has 220 valence electrons. The summed E-state index contributed by atoms with van der Waals surface area (Å²) in [6, 6.07) is 16.0. The van der Waals surface area contributed by atoms with Crippen molar-refractivity contribution in [2.45, 2.75) is 18.6 Å². The molecular weight excluding hydrogens is 554 g/mol. The fraction of sp³-hybridized carbons (Fsp3) is 0.367. The van der Waals surface area contributed by atoms with Crippen LogP contribution < -0.4 is 14.7 Å². The van der Waals surface area contributed by atoms with Crippen LogP contribution in [0.25, 0.3) is 0 Å². The molecule has 0 spiro atoms. The molecule has 0 saturated carbocycles. The summed E-state index contributed by atoms with van der Waals surface area (Å²) in [5, 5.41) is 11.5. The molecule has 0 radical (unpaired) electrons. The van der Waals surface area contributed by atoms with Gasteiger partial charge in [-0.1, -0.05) is 6.07 Å². The summed E-state index contributed by atoms with van der Waals surface area (Å²) >= 11 is 0. The number of halogens is 4. The Labute approximate surface area is 239 Å². The Bertz CT molecular complexity index is 1490. The minimum atomic E-state index is -4.44. The fourth-order valence-corrected chi connectivity index (χ4v) is 6.39. The highest BCUT2D eigenvalue weighted by Gasteiger charge is 2.44. The molecule has 3 heterocycles. The van der Waals surface area contributed by atoms with Crippen LogP contribution >= 0.6 is 0 Å². The summed E-state index contributed by atoms with van der Waals surface area (Å²) in [5.41, 5.74) is 2.20. The van der Waals surface area contributed by atoms with Crippen molar-refractivity contribution in [1.29, 1.82) is 0 Å². The van der Waals surface area contributed by atoms with Gasteiger partial charge in [-0.25, -0.2) is 4.39 Å². The second kappa shape index (κ2) is 10.8. The number of non-ortho nitro benzene ring substituents is 1. The lowest BCUT2D eigenvalue weighted by molar-refractivity contribution is -0.384. The molecule has 0 N–H and O–H groups in total. The van der Waals surface area contributed by atoms with Crippen LogP contribution in [0.15, 0.2) is 66.7 Å². The van der Waals surface area contributed by atoms with Crippen molar-refractivity contribution in [3.63, 3.8) is 0 Å². The molecule has 3 aliphatic heterocycles. The molecule has 3 aromatic rings. The number of anilines is 3. The summed E-state index contributed by atoms with van der Waals surface area (Å²) in [4.78, 5) is 33.0. The average molecular weight is 584 g/mol. The van der Waals surface area contributed by atoms with Crippen LogP contribution in [0.4, 0.5) is 40.3 Å². The maximum absolute atomic E-state index is 14.1. The van der Waals surface area contributed by atoms with Gasteiger partial charge in [-0.2, -0.15) is 13.2 Å². The number of nitro groups is 1. The molecule has 1 amide bonds. The monoisotopic (exact) mass is 583 g/mol. The van der Waals surface area contributed by atoms with Crippen molar-refractivity contribution >= 4 is 28.7 Å². The number of piperazine rings is 2. The molecule has 12 heteroatoms. The highest BCUT2D eigenvalue weighted by Crippen LogP contribution is 2.39. The van der Waals surface area contributed by atoms with E-state index in [9.17, 15) is 32.5 Å². The molecule has 3 aromatic carbocycles. The Kier molecular flexibility index (Phi) is 7.15. The normalized spacial score (nSPS) is 20.7. The third-order valence-corrected chi connectivity index (χ3v) is 8.55. The molecule has 8 nitrogen and oxygen atoms in total. The smallest absolute Gasteiger partial charge is 0.368 e. The minimum Gasteiger partial charge on any atom is -0.368 e. The van der Waals surface area contributed by atoms with Gasteiger partial charge in [-0.15, -0.1) is 0 Å². The first-order valence-corrected chi connectivity index (χ1v) is 13.8. The van der Waals surface area contributed by atoms with Gasteiger partial charge in [-0.3, -0.25) is 14.9 Å². The van der Waals surface area contributed by atoms with E-state index in [1.807, 2.05) is 4.90 Å².